The zero-order valence-electron chi connectivity index (χ0n) is 13.0. The molecule has 0 aromatic heterocycles. The van der Waals surface area contributed by atoms with Gasteiger partial charge in [-0.15, -0.1) is 0 Å². The fourth-order valence-electron chi connectivity index (χ4n) is 2.31. The minimum absolute atomic E-state index is 0.107. The van der Waals surface area contributed by atoms with Crippen molar-refractivity contribution in [2.45, 2.75) is 40.2 Å². The first kappa shape index (κ1) is 17.0. The second-order valence-electron chi connectivity index (χ2n) is 5.70. The zero-order chi connectivity index (χ0) is 16.0. The molecule has 0 fully saturated rings. The van der Waals surface area contributed by atoms with Gasteiger partial charge in [0.05, 0.1) is 0 Å². The van der Waals surface area contributed by atoms with Crippen LogP contribution in [0.5, 0.6) is 0 Å². The Bertz CT molecular complexity index is 547. The summed E-state index contributed by atoms with van der Waals surface area (Å²) in [4.78, 5) is 22.9. The Labute approximate surface area is 125 Å². The van der Waals surface area contributed by atoms with Crippen molar-refractivity contribution < 1.29 is 14.7 Å². The summed E-state index contributed by atoms with van der Waals surface area (Å²) in [6.07, 6.45) is 3.50. The van der Waals surface area contributed by atoms with Crippen LogP contribution in [0.1, 0.15) is 48.7 Å². The van der Waals surface area contributed by atoms with E-state index in [0.29, 0.717) is 11.5 Å². The molecule has 0 spiro atoms. The van der Waals surface area contributed by atoms with Gasteiger partial charge in [0.25, 0.3) is 5.91 Å². The molecule has 1 aromatic rings. The summed E-state index contributed by atoms with van der Waals surface area (Å²) in [7, 11) is 0. The third-order valence-electron chi connectivity index (χ3n) is 3.23. The summed E-state index contributed by atoms with van der Waals surface area (Å²) in [5.74, 6) is -0.604. The number of rotatable bonds is 6. The molecular weight excluding hydrogens is 266 g/mol. The van der Waals surface area contributed by atoms with Crippen LogP contribution < -0.4 is 5.32 Å². The fraction of sp³-hybridized carbons (Fsp3) is 0.412. The van der Waals surface area contributed by atoms with Gasteiger partial charge in [-0.25, -0.2) is 4.79 Å². The Kier molecular flexibility index (Phi) is 6.15. The number of carbonyl (C=O) groups is 2. The Hall–Kier alpha value is -2.10. The lowest BCUT2D eigenvalue weighted by molar-refractivity contribution is -0.131. The topological polar surface area (TPSA) is 66.4 Å². The third-order valence-corrected chi connectivity index (χ3v) is 3.23. The Morgan fingerprint density at radius 3 is 2.52 bits per heavy atom. The van der Waals surface area contributed by atoms with Crippen LogP contribution in [0.25, 0.3) is 6.08 Å². The SMILES string of the molecule is Cc1c(C=CC(=O)O)cccc1C(=O)NC(C)CC(C)C. The van der Waals surface area contributed by atoms with Gasteiger partial charge in [0, 0.05) is 17.7 Å². The van der Waals surface area contributed by atoms with Crippen molar-refractivity contribution in [3.05, 3.63) is 41.0 Å². The maximum Gasteiger partial charge on any atom is 0.328 e. The zero-order valence-corrected chi connectivity index (χ0v) is 13.0. The van der Waals surface area contributed by atoms with Crippen LogP contribution in [0, 0.1) is 12.8 Å². The summed E-state index contributed by atoms with van der Waals surface area (Å²) in [5, 5.41) is 11.7. The first-order valence-electron chi connectivity index (χ1n) is 7.12. The molecule has 0 aliphatic heterocycles. The van der Waals surface area contributed by atoms with E-state index in [2.05, 4.69) is 19.2 Å². The second kappa shape index (κ2) is 7.62. The number of nitrogens with one attached hydrogen (secondary N) is 1. The summed E-state index contributed by atoms with van der Waals surface area (Å²) in [5.41, 5.74) is 2.10. The number of aliphatic carboxylic acids is 1. The molecule has 0 bridgehead atoms. The smallest absolute Gasteiger partial charge is 0.328 e. The van der Waals surface area contributed by atoms with Crippen LogP contribution in [0.2, 0.25) is 0 Å². The molecule has 0 saturated heterocycles. The minimum atomic E-state index is -1.00. The maximum atomic E-state index is 12.3. The van der Waals surface area contributed by atoms with Gasteiger partial charge in [-0.2, -0.15) is 0 Å². The van der Waals surface area contributed by atoms with Gasteiger partial charge in [-0.1, -0.05) is 26.0 Å². The number of benzene rings is 1. The van der Waals surface area contributed by atoms with Gasteiger partial charge in [-0.05, 0) is 49.5 Å². The maximum absolute atomic E-state index is 12.3. The molecule has 2 N–H and O–H groups in total. The highest BCUT2D eigenvalue weighted by atomic mass is 16.4. The van der Waals surface area contributed by atoms with Crippen LogP contribution in [-0.2, 0) is 4.79 Å². The predicted octanol–water partition coefficient (Wildman–Crippen LogP) is 3.26. The lowest BCUT2D eigenvalue weighted by Gasteiger charge is -2.17. The summed E-state index contributed by atoms with van der Waals surface area (Å²) in [6, 6.07) is 5.42. The monoisotopic (exact) mass is 289 g/mol. The molecule has 0 aliphatic carbocycles. The lowest BCUT2D eigenvalue weighted by atomic mass is 10.00. The van der Waals surface area contributed by atoms with Crippen molar-refractivity contribution in [3.63, 3.8) is 0 Å². The summed E-state index contributed by atoms with van der Waals surface area (Å²) >= 11 is 0. The van der Waals surface area contributed by atoms with Crippen LogP contribution in [0.15, 0.2) is 24.3 Å². The normalized spacial score (nSPS) is 12.6. The molecule has 0 radical (unpaired) electrons. The van der Waals surface area contributed by atoms with E-state index in [9.17, 15) is 9.59 Å². The van der Waals surface area contributed by atoms with E-state index in [1.54, 1.807) is 18.2 Å². The fourth-order valence-corrected chi connectivity index (χ4v) is 2.31. The third kappa shape index (κ3) is 5.42. The van der Waals surface area contributed by atoms with Gasteiger partial charge in [0.2, 0.25) is 0 Å². The van der Waals surface area contributed by atoms with E-state index in [1.807, 2.05) is 13.8 Å². The average molecular weight is 289 g/mol. The molecule has 114 valence electrons. The highest BCUT2D eigenvalue weighted by Gasteiger charge is 2.14. The van der Waals surface area contributed by atoms with E-state index < -0.39 is 5.97 Å². The van der Waals surface area contributed by atoms with Crippen molar-refractivity contribution in [1.29, 1.82) is 0 Å². The number of carboxylic acid groups (broad SMARTS) is 1. The molecule has 4 heteroatoms. The highest BCUT2D eigenvalue weighted by Crippen LogP contribution is 2.16. The van der Waals surface area contributed by atoms with Gasteiger partial charge < -0.3 is 10.4 Å². The molecule has 0 saturated carbocycles. The number of amides is 1. The standard InChI is InChI=1S/C17H23NO3/c1-11(2)10-12(3)18-17(21)15-7-5-6-14(13(15)4)8-9-16(19)20/h5-9,11-12H,10H2,1-4H3,(H,18,21)(H,19,20). The molecule has 1 amide bonds. The summed E-state index contributed by atoms with van der Waals surface area (Å²) in [6.45, 7) is 8.04. The average Bonchev–Trinajstić information content (AvgIpc) is 2.36. The first-order chi connectivity index (χ1) is 9.81. The van der Waals surface area contributed by atoms with Crippen LogP contribution in [0.3, 0.4) is 0 Å². The molecule has 0 aliphatic rings. The van der Waals surface area contributed by atoms with Crippen molar-refractivity contribution in [2.75, 3.05) is 0 Å². The molecule has 4 nitrogen and oxygen atoms in total. The summed E-state index contributed by atoms with van der Waals surface area (Å²) < 4.78 is 0. The van der Waals surface area contributed by atoms with E-state index in [0.717, 1.165) is 23.6 Å². The predicted molar refractivity (Wildman–Crippen MR) is 84.2 cm³/mol. The molecule has 0 heterocycles. The quantitative estimate of drug-likeness (QED) is 0.790. The molecule has 1 rings (SSSR count). The molecule has 21 heavy (non-hydrogen) atoms. The number of hydrogen-bond donors (Lipinski definition) is 2. The van der Waals surface area contributed by atoms with E-state index >= 15 is 0 Å². The van der Waals surface area contributed by atoms with Gasteiger partial charge in [0.15, 0.2) is 0 Å². The molecule has 1 atom stereocenters. The number of carbonyl (C=O) groups excluding carboxylic acids is 1. The lowest BCUT2D eigenvalue weighted by Crippen LogP contribution is -2.33. The molecule has 1 unspecified atom stereocenters. The number of carboxylic acids is 1. The van der Waals surface area contributed by atoms with E-state index in [1.165, 1.54) is 6.08 Å². The Morgan fingerprint density at radius 1 is 1.29 bits per heavy atom. The largest absolute Gasteiger partial charge is 0.478 e. The van der Waals surface area contributed by atoms with Crippen molar-refractivity contribution in [2.24, 2.45) is 5.92 Å². The minimum Gasteiger partial charge on any atom is -0.478 e. The van der Waals surface area contributed by atoms with Gasteiger partial charge in [0.1, 0.15) is 0 Å². The highest BCUT2D eigenvalue weighted by molar-refractivity contribution is 5.97. The van der Waals surface area contributed by atoms with E-state index in [4.69, 9.17) is 5.11 Å². The Morgan fingerprint density at radius 2 is 1.95 bits per heavy atom. The van der Waals surface area contributed by atoms with Crippen LogP contribution >= 0.6 is 0 Å². The van der Waals surface area contributed by atoms with Gasteiger partial charge >= 0.3 is 5.97 Å². The molecule has 1 aromatic carbocycles. The van der Waals surface area contributed by atoms with Crippen molar-refractivity contribution in [3.8, 4) is 0 Å². The first-order valence-corrected chi connectivity index (χ1v) is 7.12. The van der Waals surface area contributed by atoms with E-state index in [-0.39, 0.29) is 11.9 Å². The molecular formula is C17H23NO3. The van der Waals surface area contributed by atoms with Gasteiger partial charge in [-0.3, -0.25) is 4.79 Å². The van der Waals surface area contributed by atoms with Crippen LogP contribution in [-0.4, -0.2) is 23.0 Å². The van der Waals surface area contributed by atoms with Crippen molar-refractivity contribution >= 4 is 18.0 Å². The number of hydrogen-bond acceptors (Lipinski definition) is 2. The second-order valence-corrected chi connectivity index (χ2v) is 5.70. The van der Waals surface area contributed by atoms with Crippen molar-refractivity contribution in [1.82, 2.24) is 5.32 Å². The van der Waals surface area contributed by atoms with Crippen LogP contribution in [0.4, 0.5) is 0 Å². The Balaban J connectivity index is 2.90.